The molecular weight excluding hydrogens is 352 g/mol. The van der Waals surface area contributed by atoms with Gasteiger partial charge in [0.15, 0.2) is 0 Å². The Labute approximate surface area is 163 Å². The lowest BCUT2D eigenvalue weighted by atomic mass is 9.95. The summed E-state index contributed by atoms with van der Waals surface area (Å²) in [6, 6.07) is 15.3. The van der Waals surface area contributed by atoms with Gasteiger partial charge in [0, 0.05) is 30.6 Å². The van der Waals surface area contributed by atoms with Gasteiger partial charge >= 0.3 is 0 Å². The molecule has 0 atom stereocenters. The van der Waals surface area contributed by atoms with Crippen LogP contribution in [0.2, 0.25) is 0 Å². The van der Waals surface area contributed by atoms with Gasteiger partial charge in [0.2, 0.25) is 11.4 Å². The van der Waals surface area contributed by atoms with Crippen molar-refractivity contribution in [1.29, 1.82) is 5.26 Å². The summed E-state index contributed by atoms with van der Waals surface area (Å²) in [6.07, 6.45) is 2.95. The lowest BCUT2D eigenvalue weighted by Gasteiger charge is -2.29. The number of H-pyrrole nitrogens is 1. The molecule has 0 unspecified atom stereocenters. The van der Waals surface area contributed by atoms with Crippen LogP contribution in [0.25, 0.3) is 11.0 Å². The van der Waals surface area contributed by atoms with Crippen molar-refractivity contribution in [2.45, 2.75) is 25.8 Å². The highest BCUT2D eigenvalue weighted by molar-refractivity contribution is 5.74. The fourth-order valence-corrected chi connectivity index (χ4v) is 3.64. The van der Waals surface area contributed by atoms with Crippen LogP contribution in [-0.4, -0.2) is 34.6 Å². The van der Waals surface area contributed by atoms with Crippen LogP contribution in [0.5, 0.6) is 5.88 Å². The van der Waals surface area contributed by atoms with Crippen LogP contribution in [0.1, 0.15) is 29.5 Å². The lowest BCUT2D eigenvalue weighted by molar-refractivity contribution is 0.233. The smallest absolute Gasteiger partial charge is 0.249 e. The second-order valence-electron chi connectivity index (χ2n) is 7.05. The van der Waals surface area contributed by atoms with Crippen LogP contribution in [0, 0.1) is 11.3 Å². The highest BCUT2D eigenvalue weighted by atomic mass is 16.5. The van der Waals surface area contributed by atoms with Gasteiger partial charge in [-0.2, -0.15) is 10.2 Å². The second-order valence-corrected chi connectivity index (χ2v) is 7.05. The summed E-state index contributed by atoms with van der Waals surface area (Å²) >= 11 is 0. The van der Waals surface area contributed by atoms with Crippen molar-refractivity contribution in [3.8, 4) is 11.9 Å². The summed E-state index contributed by atoms with van der Waals surface area (Å²) in [6.45, 7) is 3.45. The number of ether oxygens (including phenoxy) is 1. The number of nitrogens with one attached hydrogen (secondary N) is 1. The maximum absolute atomic E-state index is 11.4. The number of nitrogens with zero attached hydrogens (tertiary/aromatic N) is 3. The van der Waals surface area contributed by atoms with Crippen molar-refractivity contribution in [3.63, 3.8) is 0 Å². The van der Waals surface area contributed by atoms with E-state index < -0.39 is 0 Å². The molecule has 142 valence electrons. The van der Waals surface area contributed by atoms with E-state index >= 15 is 0 Å². The number of hydrogen-bond donors (Lipinski definition) is 1. The molecule has 0 aliphatic carbocycles. The topological polar surface area (TPSA) is 82.0 Å². The number of benzene rings is 1. The molecule has 1 aliphatic rings. The van der Waals surface area contributed by atoms with Gasteiger partial charge in [-0.05, 0) is 55.1 Å². The molecule has 6 nitrogen and oxygen atoms in total. The van der Waals surface area contributed by atoms with E-state index in [1.807, 2.05) is 24.3 Å². The monoisotopic (exact) mass is 374 g/mol. The average Bonchev–Trinajstić information content (AvgIpc) is 2.72. The largest absolute Gasteiger partial charge is 0.478 e. The number of fused-ring (bicyclic) bond motifs is 2. The Morgan fingerprint density at radius 1 is 1.18 bits per heavy atom. The third-order valence-electron chi connectivity index (χ3n) is 5.15. The maximum Gasteiger partial charge on any atom is 0.249 e. The summed E-state index contributed by atoms with van der Waals surface area (Å²) in [5.41, 5.74) is 3.66. The Kier molecular flexibility index (Phi) is 5.36. The summed E-state index contributed by atoms with van der Waals surface area (Å²) in [4.78, 5) is 20.9. The van der Waals surface area contributed by atoms with E-state index in [1.165, 1.54) is 17.2 Å². The molecule has 0 saturated heterocycles. The first-order valence-corrected chi connectivity index (χ1v) is 9.59. The number of unbranched alkanes of at least 4 members (excludes halogenated alkanes) is 1. The van der Waals surface area contributed by atoms with Gasteiger partial charge in [-0.3, -0.25) is 9.69 Å². The Bertz CT molecular complexity index is 1080. The molecule has 1 N–H and O–H groups in total. The molecule has 0 amide bonds. The Balaban J connectivity index is 1.25. The molecule has 0 spiro atoms. The van der Waals surface area contributed by atoms with E-state index in [0.29, 0.717) is 18.1 Å². The van der Waals surface area contributed by atoms with Crippen molar-refractivity contribution < 1.29 is 4.74 Å². The summed E-state index contributed by atoms with van der Waals surface area (Å²) < 4.78 is 5.74. The van der Waals surface area contributed by atoms with Crippen molar-refractivity contribution in [3.05, 3.63) is 69.5 Å². The summed E-state index contributed by atoms with van der Waals surface area (Å²) in [5, 5.41) is 10.2. The molecule has 2 aromatic heterocycles. The zero-order chi connectivity index (χ0) is 19.3. The first-order valence-electron chi connectivity index (χ1n) is 9.59. The highest BCUT2D eigenvalue weighted by Crippen LogP contribution is 2.22. The normalized spacial score (nSPS) is 13.8. The third-order valence-corrected chi connectivity index (χ3v) is 5.15. The van der Waals surface area contributed by atoms with Crippen LogP contribution in [0.3, 0.4) is 0 Å². The van der Waals surface area contributed by atoms with Gasteiger partial charge in [0.25, 0.3) is 0 Å². The van der Waals surface area contributed by atoms with Gasteiger partial charge in [0.05, 0.1) is 18.2 Å². The first kappa shape index (κ1) is 18.2. The van der Waals surface area contributed by atoms with Crippen LogP contribution < -0.4 is 10.3 Å². The Morgan fingerprint density at radius 2 is 2.07 bits per heavy atom. The second kappa shape index (κ2) is 8.24. The zero-order valence-electron chi connectivity index (χ0n) is 15.6. The van der Waals surface area contributed by atoms with Crippen molar-refractivity contribution in [2.75, 3.05) is 19.7 Å². The average molecular weight is 374 g/mol. The van der Waals surface area contributed by atoms with Crippen molar-refractivity contribution in [1.82, 2.24) is 14.9 Å². The Morgan fingerprint density at radius 3 is 2.96 bits per heavy atom. The molecule has 0 fully saturated rings. The highest BCUT2D eigenvalue weighted by Gasteiger charge is 2.18. The third kappa shape index (κ3) is 4.05. The van der Waals surface area contributed by atoms with E-state index in [2.05, 4.69) is 27.0 Å². The molecule has 3 heterocycles. The Hall–Kier alpha value is -3.17. The molecule has 28 heavy (non-hydrogen) atoms. The van der Waals surface area contributed by atoms with Gasteiger partial charge in [-0.1, -0.05) is 12.1 Å². The molecule has 3 aromatic rings. The lowest BCUT2D eigenvalue weighted by Crippen LogP contribution is -2.32. The molecule has 1 aromatic carbocycles. The minimum absolute atomic E-state index is 0.167. The molecule has 0 bridgehead atoms. The van der Waals surface area contributed by atoms with Crippen LogP contribution in [0.15, 0.2) is 47.3 Å². The molecule has 0 radical (unpaired) electrons. The van der Waals surface area contributed by atoms with Gasteiger partial charge in [-0.25, -0.2) is 0 Å². The standard InChI is InChI=1S/C22H22N4O2/c23-14-18-5-3-4-16-10-12-26(15-19(16)18)11-1-2-13-28-21-9-7-17-6-8-20(27)24-22(17)25-21/h3-9H,1-2,10-13,15H2,(H,24,25,27). The fraction of sp³-hybridized carbons (Fsp3) is 0.318. The first-order chi connectivity index (χ1) is 13.7. The van der Waals surface area contributed by atoms with Gasteiger partial charge in [0.1, 0.15) is 5.65 Å². The molecule has 0 saturated carbocycles. The van der Waals surface area contributed by atoms with Gasteiger partial charge < -0.3 is 9.72 Å². The van der Waals surface area contributed by atoms with E-state index in [1.54, 1.807) is 6.07 Å². The van der Waals surface area contributed by atoms with E-state index in [4.69, 9.17) is 4.74 Å². The number of pyridine rings is 2. The number of aromatic amines is 1. The minimum atomic E-state index is -0.167. The number of aromatic nitrogens is 2. The SMILES string of the molecule is N#Cc1cccc2c1CN(CCCCOc1ccc3ccc(=O)[nH]c3n1)CC2. The number of rotatable bonds is 6. The van der Waals surface area contributed by atoms with E-state index in [0.717, 1.165) is 49.8 Å². The summed E-state index contributed by atoms with van der Waals surface area (Å²) in [7, 11) is 0. The molecule has 4 rings (SSSR count). The maximum atomic E-state index is 11.4. The van der Waals surface area contributed by atoms with E-state index in [-0.39, 0.29) is 5.56 Å². The predicted molar refractivity (Wildman–Crippen MR) is 107 cm³/mol. The number of hydrogen-bond acceptors (Lipinski definition) is 5. The van der Waals surface area contributed by atoms with Gasteiger partial charge in [-0.15, -0.1) is 0 Å². The molecule has 1 aliphatic heterocycles. The van der Waals surface area contributed by atoms with E-state index in [9.17, 15) is 10.1 Å². The fourth-order valence-electron chi connectivity index (χ4n) is 3.64. The van der Waals surface area contributed by atoms with Crippen LogP contribution in [-0.2, 0) is 13.0 Å². The van der Waals surface area contributed by atoms with Crippen LogP contribution >= 0.6 is 0 Å². The predicted octanol–water partition coefficient (Wildman–Crippen LogP) is 3.01. The molecular formula is C22H22N4O2. The zero-order valence-corrected chi connectivity index (χ0v) is 15.6. The molecule has 6 heteroatoms. The summed E-state index contributed by atoms with van der Waals surface area (Å²) in [5.74, 6) is 0.528. The van der Waals surface area contributed by atoms with Crippen LogP contribution in [0.4, 0.5) is 0 Å². The van der Waals surface area contributed by atoms with Crippen molar-refractivity contribution >= 4 is 11.0 Å². The quantitative estimate of drug-likeness (QED) is 0.671. The van der Waals surface area contributed by atoms with Crippen molar-refractivity contribution in [2.24, 2.45) is 0 Å². The number of nitriles is 1. The minimum Gasteiger partial charge on any atom is -0.478 e.